The fourth-order valence-electron chi connectivity index (χ4n) is 1.90. The second-order valence-corrected chi connectivity index (χ2v) is 5.83. The SMILES string of the molecule is COc1ccc(CC(=O)NCc2ncc(C)s2)cc1OC. The molecule has 0 bridgehead atoms. The predicted molar refractivity (Wildman–Crippen MR) is 81.9 cm³/mol. The van der Waals surface area contributed by atoms with Crippen LogP contribution in [0.4, 0.5) is 0 Å². The summed E-state index contributed by atoms with van der Waals surface area (Å²) in [5.74, 6) is 1.23. The summed E-state index contributed by atoms with van der Waals surface area (Å²) in [6.45, 7) is 2.46. The molecule has 1 aromatic heterocycles. The van der Waals surface area contributed by atoms with E-state index in [-0.39, 0.29) is 5.91 Å². The molecule has 0 unspecified atom stereocenters. The molecule has 1 heterocycles. The number of nitrogens with one attached hydrogen (secondary N) is 1. The van der Waals surface area contributed by atoms with Crippen LogP contribution in [0.1, 0.15) is 15.4 Å². The molecule has 2 aromatic rings. The van der Waals surface area contributed by atoms with Crippen LogP contribution in [0, 0.1) is 6.92 Å². The van der Waals surface area contributed by atoms with E-state index < -0.39 is 0 Å². The molecule has 0 aliphatic rings. The average Bonchev–Trinajstić information content (AvgIpc) is 2.90. The zero-order valence-corrected chi connectivity index (χ0v) is 13.1. The van der Waals surface area contributed by atoms with Crippen LogP contribution in [0.15, 0.2) is 24.4 Å². The number of ether oxygens (including phenoxy) is 2. The van der Waals surface area contributed by atoms with Gasteiger partial charge in [-0.3, -0.25) is 4.79 Å². The van der Waals surface area contributed by atoms with E-state index in [4.69, 9.17) is 9.47 Å². The standard InChI is InChI=1S/C15H18N2O3S/c1-10-8-17-15(21-10)9-16-14(18)7-11-4-5-12(19-2)13(6-11)20-3/h4-6,8H,7,9H2,1-3H3,(H,16,18). The second-order valence-electron chi connectivity index (χ2n) is 4.51. The lowest BCUT2D eigenvalue weighted by Gasteiger charge is -2.09. The molecule has 0 aliphatic heterocycles. The molecule has 0 radical (unpaired) electrons. The summed E-state index contributed by atoms with van der Waals surface area (Å²) in [5, 5.41) is 3.77. The minimum absolute atomic E-state index is 0.0462. The van der Waals surface area contributed by atoms with Crippen molar-refractivity contribution < 1.29 is 14.3 Å². The van der Waals surface area contributed by atoms with E-state index >= 15 is 0 Å². The van der Waals surface area contributed by atoms with Gasteiger partial charge in [0.1, 0.15) is 5.01 Å². The van der Waals surface area contributed by atoms with E-state index in [9.17, 15) is 4.79 Å². The number of carbonyl (C=O) groups is 1. The third kappa shape index (κ3) is 4.19. The minimum Gasteiger partial charge on any atom is -0.493 e. The van der Waals surface area contributed by atoms with Crippen LogP contribution in [-0.2, 0) is 17.8 Å². The Morgan fingerprint density at radius 2 is 2.05 bits per heavy atom. The highest BCUT2D eigenvalue weighted by Gasteiger charge is 2.09. The maximum atomic E-state index is 11.9. The van der Waals surface area contributed by atoms with Crippen LogP contribution in [0.3, 0.4) is 0 Å². The van der Waals surface area contributed by atoms with Crippen molar-refractivity contribution in [2.75, 3.05) is 14.2 Å². The van der Waals surface area contributed by atoms with Crippen molar-refractivity contribution in [2.24, 2.45) is 0 Å². The third-order valence-electron chi connectivity index (χ3n) is 2.92. The van der Waals surface area contributed by atoms with Gasteiger partial charge in [-0.25, -0.2) is 4.98 Å². The van der Waals surface area contributed by atoms with Crippen LogP contribution in [-0.4, -0.2) is 25.1 Å². The maximum Gasteiger partial charge on any atom is 0.224 e. The Labute approximate surface area is 127 Å². The summed E-state index contributed by atoms with van der Waals surface area (Å²) >= 11 is 1.58. The van der Waals surface area contributed by atoms with Gasteiger partial charge in [-0.1, -0.05) is 6.07 Å². The zero-order valence-electron chi connectivity index (χ0n) is 12.3. The summed E-state index contributed by atoms with van der Waals surface area (Å²) in [7, 11) is 3.16. The molecule has 1 amide bonds. The fourth-order valence-corrected chi connectivity index (χ4v) is 2.62. The molecule has 0 spiro atoms. The number of aryl methyl sites for hydroxylation is 1. The van der Waals surface area contributed by atoms with Gasteiger partial charge in [0, 0.05) is 11.1 Å². The number of hydrogen-bond donors (Lipinski definition) is 1. The van der Waals surface area contributed by atoms with Gasteiger partial charge in [-0.15, -0.1) is 11.3 Å². The summed E-state index contributed by atoms with van der Waals surface area (Å²) in [5.41, 5.74) is 0.875. The van der Waals surface area contributed by atoms with Gasteiger partial charge in [0.2, 0.25) is 5.91 Å². The number of benzene rings is 1. The van der Waals surface area contributed by atoms with Gasteiger partial charge in [-0.05, 0) is 24.6 Å². The Kier molecular flexibility index (Phi) is 5.16. The number of amides is 1. The van der Waals surface area contributed by atoms with E-state index in [0.717, 1.165) is 15.4 Å². The Morgan fingerprint density at radius 1 is 1.29 bits per heavy atom. The summed E-state index contributed by atoms with van der Waals surface area (Å²) in [4.78, 5) is 17.3. The molecule has 1 N–H and O–H groups in total. The van der Waals surface area contributed by atoms with Crippen LogP contribution >= 0.6 is 11.3 Å². The lowest BCUT2D eigenvalue weighted by atomic mass is 10.1. The number of carbonyl (C=O) groups excluding carboxylic acids is 1. The Hall–Kier alpha value is -2.08. The molecule has 6 heteroatoms. The Bertz CT molecular complexity index is 625. The minimum atomic E-state index is -0.0462. The first kappa shape index (κ1) is 15.3. The third-order valence-corrected chi connectivity index (χ3v) is 3.83. The largest absolute Gasteiger partial charge is 0.493 e. The number of hydrogen-bond acceptors (Lipinski definition) is 5. The first-order valence-corrected chi connectivity index (χ1v) is 7.33. The number of thiazole rings is 1. The van der Waals surface area contributed by atoms with Crippen LogP contribution < -0.4 is 14.8 Å². The maximum absolute atomic E-state index is 11.9. The predicted octanol–water partition coefficient (Wildman–Crippen LogP) is 2.33. The highest BCUT2D eigenvalue weighted by atomic mass is 32.1. The van der Waals surface area contributed by atoms with Crippen LogP contribution in [0.2, 0.25) is 0 Å². The lowest BCUT2D eigenvalue weighted by molar-refractivity contribution is -0.120. The molecule has 0 aliphatic carbocycles. The molecule has 0 fully saturated rings. The molecule has 2 rings (SSSR count). The van der Waals surface area contributed by atoms with Gasteiger partial charge < -0.3 is 14.8 Å². The fraction of sp³-hybridized carbons (Fsp3) is 0.333. The quantitative estimate of drug-likeness (QED) is 0.890. The van der Waals surface area contributed by atoms with Crippen molar-refractivity contribution in [2.45, 2.75) is 19.9 Å². The lowest BCUT2D eigenvalue weighted by Crippen LogP contribution is -2.24. The molecular formula is C15H18N2O3S. The van der Waals surface area contributed by atoms with Gasteiger partial charge in [0.25, 0.3) is 0 Å². The van der Waals surface area contributed by atoms with Crippen molar-refractivity contribution in [3.63, 3.8) is 0 Å². The molecule has 0 saturated heterocycles. The van der Waals surface area contributed by atoms with Gasteiger partial charge >= 0.3 is 0 Å². The Morgan fingerprint density at radius 3 is 2.67 bits per heavy atom. The monoisotopic (exact) mass is 306 g/mol. The zero-order chi connectivity index (χ0) is 15.2. The number of methoxy groups -OCH3 is 2. The number of nitrogens with zero attached hydrogens (tertiary/aromatic N) is 1. The topological polar surface area (TPSA) is 60.5 Å². The first-order valence-electron chi connectivity index (χ1n) is 6.51. The molecular weight excluding hydrogens is 288 g/mol. The van der Waals surface area contributed by atoms with Crippen molar-refractivity contribution >= 4 is 17.2 Å². The molecule has 0 atom stereocenters. The summed E-state index contributed by atoms with van der Waals surface area (Å²) in [6.07, 6.45) is 2.10. The summed E-state index contributed by atoms with van der Waals surface area (Å²) in [6, 6.07) is 5.46. The van der Waals surface area contributed by atoms with E-state index in [2.05, 4.69) is 10.3 Å². The summed E-state index contributed by atoms with van der Waals surface area (Å²) < 4.78 is 10.4. The van der Waals surface area contributed by atoms with Crippen molar-refractivity contribution in [3.05, 3.63) is 39.8 Å². The number of aromatic nitrogens is 1. The molecule has 0 saturated carbocycles. The number of rotatable bonds is 6. The smallest absolute Gasteiger partial charge is 0.224 e. The van der Waals surface area contributed by atoms with Crippen molar-refractivity contribution in [1.29, 1.82) is 0 Å². The van der Waals surface area contributed by atoms with Gasteiger partial charge in [-0.2, -0.15) is 0 Å². The van der Waals surface area contributed by atoms with Crippen LogP contribution in [0.5, 0.6) is 11.5 Å². The van der Waals surface area contributed by atoms with Gasteiger partial charge in [0.15, 0.2) is 11.5 Å². The molecule has 5 nitrogen and oxygen atoms in total. The Balaban J connectivity index is 1.93. The first-order chi connectivity index (χ1) is 10.1. The van der Waals surface area contributed by atoms with E-state index in [0.29, 0.717) is 24.5 Å². The molecule has 1 aromatic carbocycles. The van der Waals surface area contributed by atoms with Crippen molar-refractivity contribution in [3.8, 4) is 11.5 Å². The van der Waals surface area contributed by atoms with Gasteiger partial charge in [0.05, 0.1) is 27.2 Å². The average molecular weight is 306 g/mol. The van der Waals surface area contributed by atoms with E-state index in [1.165, 1.54) is 0 Å². The van der Waals surface area contributed by atoms with E-state index in [1.807, 2.05) is 19.1 Å². The van der Waals surface area contributed by atoms with Crippen LogP contribution in [0.25, 0.3) is 0 Å². The normalized spacial score (nSPS) is 10.2. The molecule has 21 heavy (non-hydrogen) atoms. The highest BCUT2D eigenvalue weighted by molar-refractivity contribution is 7.11. The second kappa shape index (κ2) is 7.08. The van der Waals surface area contributed by atoms with Crippen molar-refractivity contribution in [1.82, 2.24) is 10.3 Å². The highest BCUT2D eigenvalue weighted by Crippen LogP contribution is 2.27. The molecule has 112 valence electrons. The van der Waals surface area contributed by atoms with E-state index in [1.54, 1.807) is 37.8 Å².